The number of nitrogens with zero attached hydrogens (tertiary/aromatic N) is 2. The van der Waals surface area contributed by atoms with Crippen molar-refractivity contribution >= 4 is 44.0 Å². The van der Waals surface area contributed by atoms with Gasteiger partial charge in [-0.1, -0.05) is 44.9 Å². The molecule has 2 N–H and O–H groups in total. The smallest absolute Gasteiger partial charge is 0.203 e. The van der Waals surface area contributed by atoms with Crippen molar-refractivity contribution in [2.24, 2.45) is 0 Å². The van der Waals surface area contributed by atoms with E-state index in [9.17, 15) is 0 Å². The molecule has 3 nitrogen and oxygen atoms in total. The van der Waals surface area contributed by atoms with Crippen LogP contribution < -0.4 is 5.73 Å². The third-order valence-corrected chi connectivity index (χ3v) is 3.36. The summed E-state index contributed by atoms with van der Waals surface area (Å²) >= 11 is 10.8. The Kier molecular flexibility index (Phi) is 2.71. The average molecular weight is 291 g/mol. The highest BCUT2D eigenvalue weighted by molar-refractivity contribution is 9.10. The van der Waals surface area contributed by atoms with Gasteiger partial charge in [-0.3, -0.25) is 0 Å². The molecule has 0 bridgehead atoms. The van der Waals surface area contributed by atoms with Crippen LogP contribution in [0.2, 0.25) is 5.02 Å². The molecule has 72 valence electrons. The molecule has 0 fully saturated rings. The van der Waals surface area contributed by atoms with Gasteiger partial charge in [0.05, 0.1) is 5.02 Å². The minimum absolute atomic E-state index is 0.437. The zero-order valence-corrected chi connectivity index (χ0v) is 10.0. The minimum atomic E-state index is 0.437. The maximum absolute atomic E-state index is 6.04. The molecule has 0 aliphatic rings. The van der Waals surface area contributed by atoms with Crippen LogP contribution >= 0.6 is 38.9 Å². The molecule has 0 aliphatic carbocycles. The lowest BCUT2D eigenvalue weighted by Crippen LogP contribution is -1.81. The molecule has 2 rings (SSSR count). The number of halogens is 2. The van der Waals surface area contributed by atoms with Gasteiger partial charge in [-0.15, -0.1) is 10.2 Å². The Hall–Kier alpha value is -0.650. The molecule has 2 aromatic rings. The van der Waals surface area contributed by atoms with E-state index in [2.05, 4.69) is 26.1 Å². The van der Waals surface area contributed by atoms with Gasteiger partial charge in [-0.2, -0.15) is 0 Å². The summed E-state index contributed by atoms with van der Waals surface area (Å²) in [5.74, 6) is 0. The zero-order chi connectivity index (χ0) is 10.1. The predicted molar refractivity (Wildman–Crippen MR) is 62.5 cm³/mol. The van der Waals surface area contributed by atoms with Crippen molar-refractivity contribution in [2.45, 2.75) is 0 Å². The number of aromatic nitrogens is 2. The predicted octanol–water partition coefficient (Wildman–Crippen LogP) is 3.20. The number of nitrogens with two attached hydrogens (primary N) is 1. The molecule has 0 aliphatic heterocycles. The lowest BCUT2D eigenvalue weighted by molar-refractivity contribution is 1.10. The van der Waals surface area contributed by atoms with Crippen LogP contribution in [-0.2, 0) is 0 Å². The molecule has 0 saturated carbocycles. The summed E-state index contributed by atoms with van der Waals surface area (Å²) in [7, 11) is 0. The van der Waals surface area contributed by atoms with Crippen LogP contribution in [0.5, 0.6) is 0 Å². The maximum Gasteiger partial charge on any atom is 0.203 e. The monoisotopic (exact) mass is 289 g/mol. The van der Waals surface area contributed by atoms with E-state index >= 15 is 0 Å². The lowest BCUT2D eigenvalue weighted by atomic mass is 10.2. The minimum Gasteiger partial charge on any atom is -0.374 e. The molecule has 0 unspecified atom stereocenters. The number of hydrogen-bond acceptors (Lipinski definition) is 4. The molecule has 0 radical (unpaired) electrons. The first kappa shape index (κ1) is 9.89. The van der Waals surface area contributed by atoms with Gasteiger partial charge in [0.2, 0.25) is 5.13 Å². The van der Waals surface area contributed by atoms with Crippen molar-refractivity contribution < 1.29 is 0 Å². The third kappa shape index (κ3) is 1.75. The van der Waals surface area contributed by atoms with Crippen LogP contribution in [0.15, 0.2) is 22.7 Å². The van der Waals surface area contributed by atoms with Crippen LogP contribution in [-0.4, -0.2) is 10.2 Å². The van der Waals surface area contributed by atoms with E-state index in [1.807, 2.05) is 12.1 Å². The summed E-state index contributed by atoms with van der Waals surface area (Å²) in [5.41, 5.74) is 6.34. The maximum atomic E-state index is 6.04. The van der Waals surface area contributed by atoms with Gasteiger partial charge in [0.1, 0.15) is 0 Å². The molecule has 1 heterocycles. The Morgan fingerprint density at radius 2 is 2.14 bits per heavy atom. The number of anilines is 1. The first-order valence-electron chi connectivity index (χ1n) is 3.72. The largest absolute Gasteiger partial charge is 0.374 e. The summed E-state index contributed by atoms with van der Waals surface area (Å²) in [4.78, 5) is 0. The van der Waals surface area contributed by atoms with Crippen molar-refractivity contribution in [3.8, 4) is 10.6 Å². The first-order chi connectivity index (χ1) is 6.68. The van der Waals surface area contributed by atoms with Crippen molar-refractivity contribution in [1.82, 2.24) is 10.2 Å². The fourth-order valence-corrected chi connectivity index (χ4v) is 2.84. The van der Waals surface area contributed by atoms with E-state index < -0.39 is 0 Å². The molecular formula is C8H5BrClN3S. The number of benzene rings is 1. The van der Waals surface area contributed by atoms with E-state index in [-0.39, 0.29) is 0 Å². The van der Waals surface area contributed by atoms with Crippen molar-refractivity contribution in [3.63, 3.8) is 0 Å². The van der Waals surface area contributed by atoms with Crippen LogP contribution in [0.4, 0.5) is 5.13 Å². The summed E-state index contributed by atoms with van der Waals surface area (Å²) in [6.07, 6.45) is 0. The number of rotatable bonds is 1. The molecule has 0 amide bonds. The SMILES string of the molecule is Nc1nnc(-c2c(Cl)cccc2Br)s1. The average Bonchev–Trinajstić information content (AvgIpc) is 2.51. The lowest BCUT2D eigenvalue weighted by Gasteiger charge is -2.01. The normalized spacial score (nSPS) is 10.4. The van der Waals surface area contributed by atoms with Crippen LogP contribution in [0.25, 0.3) is 10.6 Å². The van der Waals surface area contributed by atoms with Gasteiger partial charge < -0.3 is 5.73 Å². The van der Waals surface area contributed by atoms with Crippen molar-refractivity contribution in [3.05, 3.63) is 27.7 Å². The summed E-state index contributed by atoms with van der Waals surface area (Å²) in [5, 5.41) is 9.47. The second-order valence-electron chi connectivity index (χ2n) is 2.54. The van der Waals surface area contributed by atoms with Crippen LogP contribution in [0.1, 0.15) is 0 Å². The van der Waals surface area contributed by atoms with Crippen LogP contribution in [0, 0.1) is 0 Å². The second kappa shape index (κ2) is 3.84. The van der Waals surface area contributed by atoms with Gasteiger partial charge in [-0.05, 0) is 12.1 Å². The van der Waals surface area contributed by atoms with Gasteiger partial charge in [0.15, 0.2) is 5.01 Å². The molecule has 0 saturated heterocycles. The van der Waals surface area contributed by atoms with E-state index in [4.69, 9.17) is 17.3 Å². The molecule has 6 heteroatoms. The first-order valence-corrected chi connectivity index (χ1v) is 5.70. The number of nitrogen functional groups attached to an aromatic ring is 1. The van der Waals surface area contributed by atoms with Gasteiger partial charge in [0.25, 0.3) is 0 Å². The fraction of sp³-hybridized carbons (Fsp3) is 0. The van der Waals surface area contributed by atoms with Crippen molar-refractivity contribution in [2.75, 3.05) is 5.73 Å². The van der Waals surface area contributed by atoms with Gasteiger partial charge in [0, 0.05) is 10.0 Å². The molecule has 14 heavy (non-hydrogen) atoms. The van der Waals surface area contributed by atoms with E-state index in [0.29, 0.717) is 10.2 Å². The Balaban J connectivity index is 2.61. The Morgan fingerprint density at radius 3 is 2.71 bits per heavy atom. The highest BCUT2D eigenvalue weighted by atomic mass is 79.9. The standard InChI is InChI=1S/C8H5BrClN3S/c9-4-2-1-3-5(10)6(4)7-12-13-8(11)14-7/h1-3H,(H2,11,13). The highest BCUT2D eigenvalue weighted by Gasteiger charge is 2.11. The topological polar surface area (TPSA) is 51.8 Å². The van der Waals surface area contributed by atoms with Crippen LogP contribution in [0.3, 0.4) is 0 Å². The molecule has 1 aromatic heterocycles. The molecule has 1 aromatic carbocycles. The Morgan fingerprint density at radius 1 is 1.36 bits per heavy atom. The van der Waals surface area contributed by atoms with Gasteiger partial charge >= 0.3 is 0 Å². The Labute approximate surface area is 98.0 Å². The summed E-state index contributed by atoms with van der Waals surface area (Å²) in [6, 6.07) is 5.57. The van der Waals surface area contributed by atoms with Crippen molar-refractivity contribution in [1.29, 1.82) is 0 Å². The third-order valence-electron chi connectivity index (χ3n) is 1.62. The fourth-order valence-electron chi connectivity index (χ4n) is 1.04. The molecule has 0 spiro atoms. The molecular weight excluding hydrogens is 286 g/mol. The zero-order valence-electron chi connectivity index (χ0n) is 6.87. The summed E-state index contributed by atoms with van der Waals surface area (Å²) in [6.45, 7) is 0. The second-order valence-corrected chi connectivity index (χ2v) is 4.81. The highest BCUT2D eigenvalue weighted by Crippen LogP contribution is 2.36. The van der Waals surface area contributed by atoms with E-state index in [1.165, 1.54) is 11.3 Å². The summed E-state index contributed by atoms with van der Waals surface area (Å²) < 4.78 is 0.890. The quantitative estimate of drug-likeness (QED) is 0.877. The number of hydrogen-bond donors (Lipinski definition) is 1. The van der Waals surface area contributed by atoms with E-state index in [1.54, 1.807) is 6.07 Å². The van der Waals surface area contributed by atoms with E-state index in [0.717, 1.165) is 15.0 Å². The molecule has 0 atom stereocenters. The Bertz CT molecular complexity index is 451. The van der Waals surface area contributed by atoms with Gasteiger partial charge in [-0.25, -0.2) is 0 Å².